The topological polar surface area (TPSA) is 38.7 Å². The Morgan fingerprint density at radius 3 is 1.75 bits per heavy atom. The summed E-state index contributed by atoms with van der Waals surface area (Å²) < 4.78 is 40.0. The van der Waals surface area contributed by atoms with Gasteiger partial charge in [-0.3, -0.25) is 0 Å². The van der Waals surface area contributed by atoms with Crippen LogP contribution in [0.5, 0.6) is 5.75 Å². The Balaban J connectivity index is 1.65. The van der Waals surface area contributed by atoms with Crippen molar-refractivity contribution in [1.82, 2.24) is 0 Å². The lowest BCUT2D eigenvalue weighted by Gasteiger charge is -2.37. The van der Waals surface area contributed by atoms with Crippen LogP contribution in [0.15, 0.2) is 72.8 Å². The highest BCUT2D eigenvalue weighted by Crippen LogP contribution is 2.33. The van der Waals surface area contributed by atoms with E-state index in [1.807, 2.05) is 31.2 Å². The van der Waals surface area contributed by atoms with Crippen molar-refractivity contribution >= 4 is 12.9 Å². The van der Waals surface area contributed by atoms with Crippen molar-refractivity contribution < 1.29 is 23.3 Å². The van der Waals surface area contributed by atoms with Gasteiger partial charge in [0.15, 0.2) is 0 Å². The first kappa shape index (κ1) is 24.0. The van der Waals surface area contributed by atoms with Crippen LogP contribution in [-0.2, 0) is 10.8 Å². The van der Waals surface area contributed by atoms with Gasteiger partial charge in [-0.05, 0) is 70.0 Å². The van der Waals surface area contributed by atoms with Gasteiger partial charge in [0, 0.05) is 0 Å². The lowest BCUT2D eigenvalue weighted by Crippen LogP contribution is -2.49. The molecule has 0 saturated carbocycles. The number of hydrogen-bond acceptors (Lipinski definition) is 3. The van der Waals surface area contributed by atoms with Crippen LogP contribution >= 0.6 is 0 Å². The molecule has 1 radical (unpaired) electrons. The minimum atomic E-state index is -3.48. The minimum Gasteiger partial charge on any atom is -0.429 e. The Morgan fingerprint density at radius 1 is 0.750 bits per heavy atom. The van der Waals surface area contributed by atoms with Gasteiger partial charge in [-0.25, -0.2) is 0 Å². The zero-order valence-corrected chi connectivity index (χ0v) is 19.0. The van der Waals surface area contributed by atoms with Gasteiger partial charge in [0.2, 0.25) is 0 Å². The van der Waals surface area contributed by atoms with Gasteiger partial charge in [-0.1, -0.05) is 59.6 Å². The van der Waals surface area contributed by atoms with Crippen molar-refractivity contribution in [3.63, 3.8) is 0 Å². The number of alkyl halides is 2. The Labute approximate surface area is 189 Å². The van der Waals surface area contributed by atoms with E-state index in [0.29, 0.717) is 5.46 Å². The molecule has 32 heavy (non-hydrogen) atoms. The number of aliphatic hydroxyl groups is 1. The van der Waals surface area contributed by atoms with E-state index in [2.05, 4.69) is 0 Å². The molecule has 0 fully saturated rings. The highest BCUT2D eigenvalue weighted by molar-refractivity contribution is 6.47. The molecule has 0 aliphatic carbocycles. The van der Waals surface area contributed by atoms with Crippen LogP contribution in [0.4, 0.5) is 8.78 Å². The average Bonchev–Trinajstić information content (AvgIpc) is 2.73. The second-order valence-electron chi connectivity index (χ2n) is 8.94. The van der Waals surface area contributed by atoms with Crippen LogP contribution in [0.3, 0.4) is 0 Å². The van der Waals surface area contributed by atoms with Crippen LogP contribution in [0.25, 0.3) is 11.1 Å². The van der Waals surface area contributed by atoms with E-state index in [0.717, 1.165) is 16.7 Å². The molecule has 0 unspecified atom stereocenters. The molecule has 0 atom stereocenters. The Bertz CT molecular complexity index is 1020. The van der Waals surface area contributed by atoms with E-state index in [1.165, 1.54) is 31.7 Å². The van der Waals surface area contributed by atoms with Gasteiger partial charge in [0.25, 0.3) is 0 Å². The van der Waals surface area contributed by atoms with Crippen LogP contribution in [0.1, 0.15) is 38.8 Å². The Hall–Kier alpha value is -2.70. The smallest absolute Gasteiger partial charge is 0.426 e. The summed E-state index contributed by atoms with van der Waals surface area (Å²) in [6, 6.07) is 20.1. The molecule has 3 rings (SSSR count). The molecule has 3 nitrogen and oxygen atoms in total. The van der Waals surface area contributed by atoms with E-state index < -0.39 is 17.3 Å². The van der Waals surface area contributed by atoms with Crippen molar-refractivity contribution in [2.45, 2.75) is 51.9 Å². The van der Waals surface area contributed by atoms with Crippen LogP contribution in [0.2, 0.25) is 0 Å². The summed E-state index contributed by atoms with van der Waals surface area (Å²) in [5.74, 6) is 0.0384. The van der Waals surface area contributed by atoms with Gasteiger partial charge in [-0.2, -0.15) is 8.78 Å². The predicted molar refractivity (Wildman–Crippen MR) is 124 cm³/mol. The van der Waals surface area contributed by atoms with E-state index in [1.54, 1.807) is 52.0 Å². The average molecular weight is 437 g/mol. The third-order valence-corrected chi connectivity index (χ3v) is 5.70. The molecule has 0 aromatic heterocycles. The third-order valence-electron chi connectivity index (χ3n) is 5.70. The standard InChI is InChI=1S/C26H28BF2O3/c1-18-6-8-19(9-7-18)20-10-12-21(13-11-20)26(28,29)31-23-16-14-22(15-17-23)27-32-25(4,5)24(2,3)30/h6-17,30H,1-5H3. The number of ether oxygens (including phenoxy) is 1. The summed E-state index contributed by atoms with van der Waals surface area (Å²) in [6.07, 6.45) is -3.48. The highest BCUT2D eigenvalue weighted by atomic mass is 19.3. The second kappa shape index (κ2) is 9.04. The summed E-state index contributed by atoms with van der Waals surface area (Å²) >= 11 is 0. The third kappa shape index (κ3) is 5.75. The van der Waals surface area contributed by atoms with E-state index >= 15 is 0 Å². The molecular formula is C26H28BF2O3. The maximum Gasteiger partial charge on any atom is 0.426 e. The maximum atomic E-state index is 14.7. The fourth-order valence-corrected chi connectivity index (χ4v) is 2.78. The van der Waals surface area contributed by atoms with E-state index in [4.69, 9.17) is 9.39 Å². The van der Waals surface area contributed by atoms with Crippen molar-refractivity contribution in [2.24, 2.45) is 0 Å². The fourth-order valence-electron chi connectivity index (χ4n) is 2.78. The molecule has 0 amide bonds. The molecule has 0 bridgehead atoms. The largest absolute Gasteiger partial charge is 0.429 e. The van der Waals surface area contributed by atoms with E-state index in [-0.39, 0.29) is 11.3 Å². The molecule has 6 heteroatoms. The number of halogens is 2. The summed E-state index contributed by atoms with van der Waals surface area (Å²) in [5.41, 5.74) is 1.54. The first-order chi connectivity index (χ1) is 14.9. The number of rotatable bonds is 8. The second-order valence-corrected chi connectivity index (χ2v) is 8.94. The molecule has 3 aromatic rings. The van der Waals surface area contributed by atoms with Crippen LogP contribution < -0.4 is 10.2 Å². The molecule has 167 valence electrons. The van der Waals surface area contributed by atoms with Gasteiger partial charge >= 0.3 is 13.6 Å². The molecule has 0 aliphatic rings. The highest BCUT2D eigenvalue weighted by Gasteiger charge is 2.36. The molecule has 1 N–H and O–H groups in total. The van der Waals surface area contributed by atoms with Gasteiger partial charge in [0.05, 0.1) is 16.8 Å². The van der Waals surface area contributed by atoms with Gasteiger partial charge in [-0.15, -0.1) is 0 Å². The minimum absolute atomic E-state index is 0.0384. The lowest BCUT2D eigenvalue weighted by atomic mass is 9.82. The normalized spacial score (nSPS) is 12.5. The first-order valence-electron chi connectivity index (χ1n) is 10.5. The predicted octanol–water partition coefficient (Wildman–Crippen LogP) is 5.60. The Morgan fingerprint density at radius 2 is 1.25 bits per heavy atom. The van der Waals surface area contributed by atoms with Gasteiger partial charge in [0.1, 0.15) is 5.75 Å². The number of benzene rings is 3. The summed E-state index contributed by atoms with van der Waals surface area (Å²) in [4.78, 5) is 0. The molecule has 0 aliphatic heterocycles. The van der Waals surface area contributed by atoms with Gasteiger partial charge < -0.3 is 14.5 Å². The number of aryl methyl sites for hydroxylation is 1. The molecule has 0 spiro atoms. The molecular weight excluding hydrogens is 409 g/mol. The van der Waals surface area contributed by atoms with Crippen molar-refractivity contribution in [2.75, 3.05) is 0 Å². The van der Waals surface area contributed by atoms with Crippen LogP contribution in [-0.4, -0.2) is 23.8 Å². The summed E-state index contributed by atoms with van der Waals surface area (Å²) in [5, 5.41) is 10.1. The zero-order chi connectivity index (χ0) is 23.6. The summed E-state index contributed by atoms with van der Waals surface area (Å²) in [7, 11) is 1.49. The van der Waals surface area contributed by atoms with Crippen molar-refractivity contribution in [1.29, 1.82) is 0 Å². The summed E-state index contributed by atoms with van der Waals surface area (Å²) in [6.45, 7) is 8.86. The fraction of sp³-hybridized carbons (Fsp3) is 0.308. The van der Waals surface area contributed by atoms with Crippen molar-refractivity contribution in [3.8, 4) is 16.9 Å². The lowest BCUT2D eigenvalue weighted by molar-refractivity contribution is -0.185. The molecule has 0 saturated heterocycles. The number of hydrogen-bond donors (Lipinski definition) is 1. The van der Waals surface area contributed by atoms with Crippen molar-refractivity contribution in [3.05, 3.63) is 83.9 Å². The Kier molecular flexibility index (Phi) is 6.77. The molecule has 3 aromatic carbocycles. The van der Waals surface area contributed by atoms with E-state index in [9.17, 15) is 13.9 Å². The SMILES string of the molecule is Cc1ccc(-c2ccc(C(F)(F)Oc3ccc([B]OC(C)(C)C(C)(C)O)cc3)cc2)cc1. The first-order valence-corrected chi connectivity index (χ1v) is 10.5. The quantitative estimate of drug-likeness (QED) is 0.467. The zero-order valence-electron chi connectivity index (χ0n) is 19.0. The monoisotopic (exact) mass is 437 g/mol. The van der Waals surface area contributed by atoms with Crippen LogP contribution in [0, 0.1) is 6.92 Å². The maximum absolute atomic E-state index is 14.7. The molecule has 0 heterocycles.